The normalized spacial score (nSPS) is 10.5. The molecule has 116 valence electrons. The van der Waals surface area contributed by atoms with Crippen LogP contribution in [-0.2, 0) is 6.42 Å². The first kappa shape index (κ1) is 15.0. The van der Waals surface area contributed by atoms with Crippen LogP contribution in [0.4, 0.5) is 0 Å². The summed E-state index contributed by atoms with van der Waals surface area (Å²) in [5.74, 6) is 0.0548. The Hall–Kier alpha value is -2.88. The summed E-state index contributed by atoms with van der Waals surface area (Å²) >= 11 is 0. The number of nitrogens with zero attached hydrogens (tertiary/aromatic N) is 2. The molecule has 3 aromatic rings. The summed E-state index contributed by atoms with van der Waals surface area (Å²) in [7, 11) is 0. The Balaban J connectivity index is 1.93. The standard InChI is InChI=1S/C19H18N2O2/c1-2-9-16-14-18(21(20-16)17-12-7-4-8-13-17)23-19(22)15-10-5-3-6-11-15/h3-8,10-14H,2,9H2,1H3. The molecule has 1 heterocycles. The molecule has 0 unspecified atom stereocenters. The zero-order valence-electron chi connectivity index (χ0n) is 13.0. The molecule has 0 amide bonds. The lowest BCUT2D eigenvalue weighted by Gasteiger charge is -2.07. The quantitative estimate of drug-likeness (QED) is 0.668. The summed E-state index contributed by atoms with van der Waals surface area (Å²) in [6.07, 6.45) is 1.83. The van der Waals surface area contributed by atoms with Crippen molar-refractivity contribution >= 4 is 5.97 Å². The van der Waals surface area contributed by atoms with Gasteiger partial charge < -0.3 is 4.74 Å². The fourth-order valence-corrected chi connectivity index (χ4v) is 2.34. The Kier molecular flexibility index (Phi) is 4.52. The van der Waals surface area contributed by atoms with Crippen molar-refractivity contribution in [3.05, 3.63) is 78.0 Å². The molecule has 0 aliphatic heterocycles. The lowest BCUT2D eigenvalue weighted by molar-refractivity contribution is 0.0723. The minimum absolute atomic E-state index is 0.384. The van der Waals surface area contributed by atoms with E-state index in [0.717, 1.165) is 24.2 Å². The fraction of sp³-hybridized carbons (Fsp3) is 0.158. The van der Waals surface area contributed by atoms with Gasteiger partial charge in [0.25, 0.3) is 0 Å². The van der Waals surface area contributed by atoms with Gasteiger partial charge in [-0.05, 0) is 30.7 Å². The molecule has 0 radical (unpaired) electrons. The molecule has 4 heteroatoms. The van der Waals surface area contributed by atoms with Crippen LogP contribution in [0.15, 0.2) is 66.7 Å². The molecule has 0 aliphatic carbocycles. The summed E-state index contributed by atoms with van der Waals surface area (Å²) in [5.41, 5.74) is 2.29. The third-order valence-electron chi connectivity index (χ3n) is 3.44. The van der Waals surface area contributed by atoms with E-state index in [2.05, 4.69) is 12.0 Å². The molecule has 2 aromatic carbocycles. The van der Waals surface area contributed by atoms with Gasteiger partial charge in [-0.2, -0.15) is 5.10 Å². The van der Waals surface area contributed by atoms with Crippen LogP contribution in [0.3, 0.4) is 0 Å². The highest BCUT2D eigenvalue weighted by atomic mass is 16.5. The molecule has 0 spiro atoms. The molecule has 0 atom stereocenters. The molecule has 0 bridgehead atoms. The molecule has 4 nitrogen and oxygen atoms in total. The van der Waals surface area contributed by atoms with Gasteiger partial charge in [-0.25, -0.2) is 9.48 Å². The summed E-state index contributed by atoms with van der Waals surface area (Å²) in [4.78, 5) is 12.3. The van der Waals surface area contributed by atoms with E-state index in [-0.39, 0.29) is 5.97 Å². The van der Waals surface area contributed by atoms with E-state index >= 15 is 0 Å². The van der Waals surface area contributed by atoms with Crippen LogP contribution in [0.1, 0.15) is 29.4 Å². The number of para-hydroxylation sites is 1. The number of carbonyl (C=O) groups is 1. The lowest BCUT2D eigenvalue weighted by atomic mass is 10.2. The van der Waals surface area contributed by atoms with Crippen molar-refractivity contribution in [3.63, 3.8) is 0 Å². The topological polar surface area (TPSA) is 44.1 Å². The highest BCUT2D eigenvalue weighted by Gasteiger charge is 2.15. The predicted octanol–water partition coefficient (Wildman–Crippen LogP) is 4.04. The van der Waals surface area contributed by atoms with Gasteiger partial charge in [0.15, 0.2) is 0 Å². The van der Waals surface area contributed by atoms with E-state index in [1.165, 1.54) is 0 Å². The third kappa shape index (κ3) is 3.48. The monoisotopic (exact) mass is 306 g/mol. The number of carbonyl (C=O) groups excluding carboxylic acids is 1. The average Bonchev–Trinajstić information content (AvgIpc) is 2.99. The Morgan fingerprint density at radius 2 is 1.70 bits per heavy atom. The molecule has 0 saturated carbocycles. The van der Waals surface area contributed by atoms with Gasteiger partial charge in [0.2, 0.25) is 5.88 Å². The van der Waals surface area contributed by atoms with Gasteiger partial charge in [-0.3, -0.25) is 0 Å². The smallest absolute Gasteiger partial charge is 0.344 e. The first-order valence-corrected chi connectivity index (χ1v) is 7.69. The molecule has 3 rings (SSSR count). The van der Waals surface area contributed by atoms with E-state index in [1.54, 1.807) is 16.8 Å². The predicted molar refractivity (Wildman–Crippen MR) is 89.0 cm³/mol. The highest BCUT2D eigenvalue weighted by molar-refractivity contribution is 5.90. The second-order valence-corrected chi connectivity index (χ2v) is 5.23. The van der Waals surface area contributed by atoms with Crippen molar-refractivity contribution in [3.8, 4) is 11.6 Å². The van der Waals surface area contributed by atoms with Gasteiger partial charge in [0.1, 0.15) is 0 Å². The highest BCUT2D eigenvalue weighted by Crippen LogP contribution is 2.21. The van der Waals surface area contributed by atoms with Gasteiger partial charge in [0, 0.05) is 6.07 Å². The maximum atomic E-state index is 12.3. The summed E-state index contributed by atoms with van der Waals surface area (Å²) < 4.78 is 7.25. The Morgan fingerprint density at radius 1 is 1.04 bits per heavy atom. The zero-order chi connectivity index (χ0) is 16.1. The molecule has 1 aromatic heterocycles. The van der Waals surface area contributed by atoms with Crippen molar-refractivity contribution in [2.45, 2.75) is 19.8 Å². The number of benzene rings is 2. The summed E-state index contributed by atoms with van der Waals surface area (Å²) in [6, 6.07) is 20.5. The van der Waals surface area contributed by atoms with E-state index in [9.17, 15) is 4.79 Å². The zero-order valence-corrected chi connectivity index (χ0v) is 13.0. The van der Waals surface area contributed by atoms with E-state index in [1.807, 2.05) is 54.6 Å². The van der Waals surface area contributed by atoms with Gasteiger partial charge in [0.05, 0.1) is 16.9 Å². The number of ether oxygens (including phenoxy) is 1. The average molecular weight is 306 g/mol. The van der Waals surface area contributed by atoms with Crippen molar-refractivity contribution in [1.29, 1.82) is 0 Å². The molecule has 23 heavy (non-hydrogen) atoms. The number of hydrogen-bond donors (Lipinski definition) is 0. The van der Waals surface area contributed by atoms with Crippen LogP contribution in [0, 0.1) is 0 Å². The molecule has 0 fully saturated rings. The Bertz CT molecular complexity index is 780. The van der Waals surface area contributed by atoms with Crippen LogP contribution in [0.5, 0.6) is 5.88 Å². The van der Waals surface area contributed by atoms with E-state index < -0.39 is 0 Å². The second kappa shape index (κ2) is 6.92. The van der Waals surface area contributed by atoms with Crippen molar-refractivity contribution in [1.82, 2.24) is 9.78 Å². The first-order valence-electron chi connectivity index (χ1n) is 7.69. The minimum atomic E-state index is -0.384. The number of aromatic nitrogens is 2. The molecule has 0 saturated heterocycles. The summed E-state index contributed by atoms with van der Waals surface area (Å²) in [6.45, 7) is 2.09. The number of aryl methyl sites for hydroxylation is 1. The van der Waals surface area contributed by atoms with Crippen molar-refractivity contribution in [2.75, 3.05) is 0 Å². The fourth-order valence-electron chi connectivity index (χ4n) is 2.34. The molecule has 0 aliphatic rings. The van der Waals surface area contributed by atoms with Crippen LogP contribution in [0.2, 0.25) is 0 Å². The van der Waals surface area contributed by atoms with Crippen LogP contribution >= 0.6 is 0 Å². The number of hydrogen-bond acceptors (Lipinski definition) is 3. The maximum absolute atomic E-state index is 12.3. The third-order valence-corrected chi connectivity index (χ3v) is 3.44. The maximum Gasteiger partial charge on any atom is 0.344 e. The van der Waals surface area contributed by atoms with E-state index in [0.29, 0.717) is 11.4 Å². The van der Waals surface area contributed by atoms with E-state index in [4.69, 9.17) is 4.74 Å². The first-order chi connectivity index (χ1) is 11.3. The second-order valence-electron chi connectivity index (χ2n) is 5.23. The number of esters is 1. The molecular weight excluding hydrogens is 288 g/mol. The van der Waals surface area contributed by atoms with Gasteiger partial charge in [-0.1, -0.05) is 49.7 Å². The van der Waals surface area contributed by atoms with Gasteiger partial charge >= 0.3 is 5.97 Å². The van der Waals surface area contributed by atoms with Gasteiger partial charge in [-0.15, -0.1) is 0 Å². The molecular formula is C19H18N2O2. The lowest BCUT2D eigenvalue weighted by Crippen LogP contribution is -2.11. The Morgan fingerprint density at radius 3 is 2.35 bits per heavy atom. The van der Waals surface area contributed by atoms with Crippen molar-refractivity contribution < 1.29 is 9.53 Å². The van der Waals surface area contributed by atoms with Crippen LogP contribution < -0.4 is 4.74 Å². The molecule has 0 N–H and O–H groups in total. The summed E-state index contributed by atoms with van der Waals surface area (Å²) in [5, 5.41) is 4.56. The Labute approximate surface area is 135 Å². The minimum Gasteiger partial charge on any atom is -0.404 e. The van der Waals surface area contributed by atoms with Crippen LogP contribution in [0.25, 0.3) is 5.69 Å². The van der Waals surface area contributed by atoms with Crippen molar-refractivity contribution in [2.24, 2.45) is 0 Å². The largest absolute Gasteiger partial charge is 0.404 e. The SMILES string of the molecule is CCCc1cc(OC(=O)c2ccccc2)n(-c2ccccc2)n1. The number of rotatable bonds is 5. The van der Waals surface area contributed by atoms with Crippen LogP contribution in [-0.4, -0.2) is 15.7 Å².